The summed E-state index contributed by atoms with van der Waals surface area (Å²) in [6.45, 7) is 1.42. The Morgan fingerprint density at radius 1 is 1.20 bits per heavy atom. The van der Waals surface area contributed by atoms with Crippen molar-refractivity contribution in [2.24, 2.45) is 0 Å². The molecule has 100 valence electrons. The maximum absolute atomic E-state index is 9.16. The number of para-hydroxylation sites is 1. The van der Waals surface area contributed by atoms with Gasteiger partial charge in [-0.3, -0.25) is 0 Å². The molecule has 2 atom stereocenters. The summed E-state index contributed by atoms with van der Waals surface area (Å²) in [5.41, 5.74) is 0.891. The smallest absolute Gasteiger partial charge is 0.179 e. The van der Waals surface area contributed by atoms with Crippen LogP contribution in [0.25, 0.3) is 0 Å². The predicted molar refractivity (Wildman–Crippen MR) is 74.2 cm³/mol. The van der Waals surface area contributed by atoms with E-state index in [1.165, 1.54) is 5.56 Å². The maximum atomic E-state index is 9.16. The molecule has 0 bridgehead atoms. The molecule has 1 aromatic carbocycles. The maximum Gasteiger partial charge on any atom is 0.179 e. The zero-order valence-corrected chi connectivity index (χ0v) is 11.1. The third-order valence-corrected chi connectivity index (χ3v) is 4.36. The highest BCUT2D eigenvalue weighted by molar-refractivity contribution is 5.44. The fourth-order valence-electron chi connectivity index (χ4n) is 3.51. The molecule has 0 radical (unpaired) electrons. The van der Waals surface area contributed by atoms with Crippen LogP contribution in [0.4, 0.5) is 0 Å². The summed E-state index contributed by atoms with van der Waals surface area (Å²) in [7, 11) is 0. The first-order valence-electron chi connectivity index (χ1n) is 6.87. The van der Waals surface area contributed by atoms with Crippen LogP contribution >= 0.6 is 0 Å². The molecule has 3 heterocycles. The molecule has 1 spiro atoms. The van der Waals surface area contributed by atoms with Crippen LogP contribution in [0.3, 0.4) is 0 Å². The second-order valence-electron chi connectivity index (χ2n) is 5.51. The minimum atomic E-state index is -0.321. The molecule has 1 aromatic heterocycles. The van der Waals surface area contributed by atoms with Gasteiger partial charge in [0.1, 0.15) is 11.8 Å². The Labute approximate surface area is 117 Å². The lowest BCUT2D eigenvalue weighted by Crippen LogP contribution is -2.43. The Morgan fingerprint density at radius 3 is 2.75 bits per heavy atom. The first-order valence-corrected chi connectivity index (χ1v) is 6.87. The molecule has 4 nitrogen and oxygen atoms in total. The molecule has 0 aliphatic carbocycles. The van der Waals surface area contributed by atoms with Gasteiger partial charge in [-0.05, 0) is 18.2 Å². The van der Waals surface area contributed by atoms with Crippen LogP contribution in [0.1, 0.15) is 18.0 Å². The number of fused-ring (bicyclic) bond motifs is 1. The Hall–Kier alpha value is -2.41. The van der Waals surface area contributed by atoms with E-state index in [4.69, 9.17) is 10.00 Å². The molecular formula is C16H15N3O. The van der Waals surface area contributed by atoms with Gasteiger partial charge in [0.2, 0.25) is 0 Å². The summed E-state index contributed by atoms with van der Waals surface area (Å²) in [6.07, 6.45) is 7.28. The van der Waals surface area contributed by atoms with Crippen molar-refractivity contribution in [3.05, 3.63) is 54.4 Å². The van der Waals surface area contributed by atoms with Crippen LogP contribution in [0.2, 0.25) is 0 Å². The normalized spacial score (nSPS) is 27.4. The van der Waals surface area contributed by atoms with Gasteiger partial charge in [-0.15, -0.1) is 0 Å². The quantitative estimate of drug-likeness (QED) is 0.743. The first kappa shape index (κ1) is 11.4. The number of likely N-dealkylation sites (tertiary alicyclic amines) is 1. The minimum absolute atomic E-state index is 0.145. The van der Waals surface area contributed by atoms with E-state index >= 15 is 0 Å². The monoisotopic (exact) mass is 265 g/mol. The SMILES string of the molecule is N#CN1CCC2(C1)Oc1ccccc1C2n1cccc1. The zero-order valence-electron chi connectivity index (χ0n) is 11.1. The topological polar surface area (TPSA) is 41.2 Å². The van der Waals surface area contributed by atoms with Crippen molar-refractivity contribution >= 4 is 0 Å². The number of nitriles is 1. The van der Waals surface area contributed by atoms with Gasteiger partial charge in [-0.25, -0.2) is 0 Å². The number of ether oxygens (including phenoxy) is 1. The zero-order chi connectivity index (χ0) is 13.6. The average Bonchev–Trinajstić information content (AvgIpc) is 3.17. The van der Waals surface area contributed by atoms with Crippen molar-refractivity contribution in [2.75, 3.05) is 13.1 Å². The number of rotatable bonds is 1. The van der Waals surface area contributed by atoms with E-state index in [9.17, 15) is 0 Å². The number of benzene rings is 1. The van der Waals surface area contributed by atoms with Crippen LogP contribution < -0.4 is 4.74 Å². The number of nitrogens with zero attached hydrogens (tertiary/aromatic N) is 3. The molecule has 4 heteroatoms. The van der Waals surface area contributed by atoms with Crippen molar-refractivity contribution in [1.82, 2.24) is 9.47 Å². The van der Waals surface area contributed by atoms with E-state index in [1.807, 2.05) is 24.3 Å². The lowest BCUT2D eigenvalue weighted by Gasteiger charge is -2.30. The van der Waals surface area contributed by atoms with Crippen LogP contribution in [-0.4, -0.2) is 28.2 Å². The van der Waals surface area contributed by atoms with Gasteiger partial charge >= 0.3 is 0 Å². The van der Waals surface area contributed by atoms with Gasteiger partial charge in [0.05, 0.1) is 6.54 Å². The lowest BCUT2D eigenvalue weighted by molar-refractivity contribution is 0.0720. The summed E-state index contributed by atoms with van der Waals surface area (Å²) in [6, 6.07) is 12.4. The molecule has 0 amide bonds. The fourth-order valence-corrected chi connectivity index (χ4v) is 3.51. The van der Waals surface area contributed by atoms with Crippen LogP contribution in [0, 0.1) is 11.5 Å². The molecule has 2 aromatic rings. The van der Waals surface area contributed by atoms with Gasteiger partial charge in [0.25, 0.3) is 0 Å². The molecular weight excluding hydrogens is 250 g/mol. The minimum Gasteiger partial charge on any atom is -0.482 e. The van der Waals surface area contributed by atoms with Crippen molar-refractivity contribution in [2.45, 2.75) is 18.1 Å². The molecule has 2 aliphatic heterocycles. The molecule has 20 heavy (non-hydrogen) atoms. The molecule has 2 unspecified atom stereocenters. The van der Waals surface area contributed by atoms with Gasteiger partial charge in [0, 0.05) is 30.9 Å². The Balaban J connectivity index is 1.83. The lowest BCUT2D eigenvalue weighted by atomic mass is 9.90. The van der Waals surface area contributed by atoms with Gasteiger partial charge in [-0.2, -0.15) is 5.26 Å². The highest BCUT2D eigenvalue weighted by atomic mass is 16.5. The molecule has 1 fully saturated rings. The molecule has 2 aliphatic rings. The highest BCUT2D eigenvalue weighted by Gasteiger charge is 2.53. The molecule has 0 N–H and O–H groups in total. The van der Waals surface area contributed by atoms with Crippen LogP contribution in [0.5, 0.6) is 5.75 Å². The Kier molecular flexibility index (Phi) is 2.31. The van der Waals surface area contributed by atoms with Crippen LogP contribution in [0.15, 0.2) is 48.8 Å². The third kappa shape index (κ3) is 1.47. The Morgan fingerprint density at radius 2 is 2.00 bits per heavy atom. The van der Waals surface area contributed by atoms with E-state index in [2.05, 4.69) is 35.3 Å². The summed E-state index contributed by atoms with van der Waals surface area (Å²) >= 11 is 0. The van der Waals surface area contributed by atoms with Crippen molar-refractivity contribution in [3.63, 3.8) is 0 Å². The van der Waals surface area contributed by atoms with E-state index in [1.54, 1.807) is 4.90 Å². The summed E-state index contributed by atoms with van der Waals surface area (Å²) in [5, 5.41) is 9.16. The molecule has 4 rings (SSSR count). The third-order valence-electron chi connectivity index (χ3n) is 4.36. The molecule has 0 saturated carbocycles. The predicted octanol–water partition coefficient (Wildman–Crippen LogP) is 2.40. The second-order valence-corrected chi connectivity index (χ2v) is 5.51. The highest BCUT2D eigenvalue weighted by Crippen LogP contribution is 2.49. The van der Waals surface area contributed by atoms with Gasteiger partial charge in [0.15, 0.2) is 11.8 Å². The van der Waals surface area contributed by atoms with Crippen molar-refractivity contribution in [3.8, 4) is 11.9 Å². The van der Waals surface area contributed by atoms with E-state index < -0.39 is 0 Å². The average molecular weight is 265 g/mol. The van der Waals surface area contributed by atoms with Crippen molar-refractivity contribution < 1.29 is 4.74 Å². The van der Waals surface area contributed by atoms with Crippen molar-refractivity contribution in [1.29, 1.82) is 5.26 Å². The van der Waals surface area contributed by atoms with Crippen LogP contribution in [-0.2, 0) is 0 Å². The second kappa shape index (κ2) is 4.04. The summed E-state index contributed by atoms with van der Waals surface area (Å²) in [5.74, 6) is 0.950. The standard InChI is InChI=1S/C16H15N3O/c17-12-18-10-7-16(11-18)15(19-8-3-4-9-19)13-5-1-2-6-14(13)20-16/h1-6,8-9,15H,7,10-11H2. The summed E-state index contributed by atoms with van der Waals surface area (Å²) < 4.78 is 8.51. The van der Waals surface area contributed by atoms with Gasteiger partial charge < -0.3 is 14.2 Å². The fraction of sp³-hybridized carbons (Fsp3) is 0.312. The number of hydrogen-bond donors (Lipinski definition) is 0. The summed E-state index contributed by atoms with van der Waals surface area (Å²) in [4.78, 5) is 1.79. The first-order chi connectivity index (χ1) is 9.82. The van der Waals surface area contributed by atoms with Gasteiger partial charge in [-0.1, -0.05) is 18.2 Å². The molecule has 1 saturated heterocycles. The number of hydrogen-bond acceptors (Lipinski definition) is 3. The van der Waals surface area contributed by atoms with E-state index in [-0.39, 0.29) is 11.6 Å². The number of aromatic nitrogens is 1. The Bertz CT molecular complexity index is 673. The largest absolute Gasteiger partial charge is 0.482 e. The van der Waals surface area contributed by atoms with E-state index in [0.29, 0.717) is 6.54 Å². The van der Waals surface area contributed by atoms with E-state index in [0.717, 1.165) is 18.7 Å².